The van der Waals surface area contributed by atoms with Crippen LogP contribution in [0.4, 0.5) is 0 Å². The van der Waals surface area contributed by atoms with Crippen molar-refractivity contribution in [3.63, 3.8) is 0 Å². The number of likely N-dealkylation sites (N-methyl/N-ethyl adjacent to an activating group) is 1. The van der Waals surface area contributed by atoms with Crippen molar-refractivity contribution < 1.29 is 14.3 Å². The fourth-order valence-corrected chi connectivity index (χ4v) is 3.65. The standard InChI is InChI=1S/C26H37NO3.ClH/c1-5-22(6-2)21-30-26(23-15-11-9-12-16-23,24-17-13-10-14-18-24)25(28)29-20-19-27(7-3)8-4;/h9-18,22H,5-8,19-21H2,1-4H3;1H. The zero-order chi connectivity index (χ0) is 21.8. The monoisotopic (exact) mass is 447 g/mol. The minimum atomic E-state index is -1.27. The van der Waals surface area contributed by atoms with Crippen LogP contribution in [0.2, 0.25) is 0 Å². The van der Waals surface area contributed by atoms with E-state index < -0.39 is 5.60 Å². The topological polar surface area (TPSA) is 38.8 Å². The van der Waals surface area contributed by atoms with Crippen LogP contribution in [0.5, 0.6) is 0 Å². The molecule has 0 bridgehead atoms. The molecule has 172 valence electrons. The Balaban J connectivity index is 0.00000480. The number of carbonyl (C=O) groups is 1. The summed E-state index contributed by atoms with van der Waals surface area (Å²) in [6, 6.07) is 19.5. The van der Waals surface area contributed by atoms with E-state index in [-0.39, 0.29) is 18.4 Å². The van der Waals surface area contributed by atoms with Gasteiger partial charge in [-0.3, -0.25) is 0 Å². The van der Waals surface area contributed by atoms with E-state index in [1.54, 1.807) is 0 Å². The van der Waals surface area contributed by atoms with Gasteiger partial charge in [-0.25, -0.2) is 4.79 Å². The molecule has 0 heterocycles. The van der Waals surface area contributed by atoms with Gasteiger partial charge < -0.3 is 14.4 Å². The first-order chi connectivity index (χ1) is 14.6. The molecule has 0 aliphatic carbocycles. The van der Waals surface area contributed by atoms with Crippen molar-refractivity contribution in [3.8, 4) is 0 Å². The number of nitrogens with zero attached hydrogens (tertiary/aromatic N) is 1. The van der Waals surface area contributed by atoms with E-state index in [4.69, 9.17) is 9.47 Å². The smallest absolute Gasteiger partial charge is 0.347 e. The Hall–Kier alpha value is -1.88. The lowest BCUT2D eigenvalue weighted by atomic mass is 9.85. The summed E-state index contributed by atoms with van der Waals surface area (Å²) in [5.74, 6) is 0.0401. The Morgan fingerprint density at radius 2 is 1.35 bits per heavy atom. The molecule has 0 spiro atoms. The van der Waals surface area contributed by atoms with E-state index >= 15 is 0 Å². The van der Waals surface area contributed by atoms with Gasteiger partial charge in [0.15, 0.2) is 0 Å². The van der Waals surface area contributed by atoms with Gasteiger partial charge in [0.05, 0.1) is 6.61 Å². The average Bonchev–Trinajstić information content (AvgIpc) is 2.81. The first kappa shape index (κ1) is 27.2. The molecule has 0 fully saturated rings. The van der Waals surface area contributed by atoms with Crippen molar-refractivity contribution in [1.29, 1.82) is 0 Å². The summed E-state index contributed by atoms with van der Waals surface area (Å²) in [5, 5.41) is 0. The Bertz CT molecular complexity index is 691. The number of hydrogen-bond acceptors (Lipinski definition) is 4. The molecule has 0 radical (unpaired) electrons. The van der Waals surface area contributed by atoms with Crippen LogP contribution < -0.4 is 0 Å². The highest BCUT2D eigenvalue weighted by atomic mass is 35.5. The Morgan fingerprint density at radius 3 is 1.77 bits per heavy atom. The van der Waals surface area contributed by atoms with Gasteiger partial charge in [-0.05, 0) is 30.1 Å². The zero-order valence-corrected chi connectivity index (χ0v) is 20.2. The number of esters is 1. The summed E-state index contributed by atoms with van der Waals surface area (Å²) in [7, 11) is 0. The predicted molar refractivity (Wildman–Crippen MR) is 130 cm³/mol. The van der Waals surface area contributed by atoms with Crippen molar-refractivity contribution in [2.45, 2.75) is 46.1 Å². The fourth-order valence-electron chi connectivity index (χ4n) is 3.65. The highest BCUT2D eigenvalue weighted by Crippen LogP contribution is 2.36. The molecule has 2 aromatic carbocycles. The lowest BCUT2D eigenvalue weighted by Gasteiger charge is -2.34. The summed E-state index contributed by atoms with van der Waals surface area (Å²) in [5.41, 5.74) is 0.332. The van der Waals surface area contributed by atoms with E-state index in [0.717, 1.165) is 37.1 Å². The van der Waals surface area contributed by atoms with Crippen LogP contribution in [-0.4, -0.2) is 43.7 Å². The van der Waals surface area contributed by atoms with Crippen molar-refractivity contribution in [1.82, 2.24) is 4.90 Å². The van der Waals surface area contributed by atoms with Crippen LogP contribution in [0.1, 0.15) is 51.7 Å². The third-order valence-electron chi connectivity index (χ3n) is 5.87. The molecule has 0 aromatic heterocycles. The SMILES string of the molecule is CCC(CC)COC(C(=O)OCCN(CC)CC)(c1ccccc1)c1ccccc1.Cl. The highest BCUT2D eigenvalue weighted by molar-refractivity contribution is 5.86. The molecule has 31 heavy (non-hydrogen) atoms. The van der Waals surface area contributed by atoms with Crippen LogP contribution in [-0.2, 0) is 19.9 Å². The van der Waals surface area contributed by atoms with E-state index in [0.29, 0.717) is 25.7 Å². The Morgan fingerprint density at radius 1 is 0.871 bits per heavy atom. The number of rotatable bonds is 13. The molecule has 0 aliphatic rings. The van der Waals surface area contributed by atoms with Crippen LogP contribution in [0, 0.1) is 5.92 Å². The van der Waals surface area contributed by atoms with Crippen molar-refractivity contribution >= 4 is 18.4 Å². The van der Waals surface area contributed by atoms with Crippen LogP contribution in [0.25, 0.3) is 0 Å². The molecule has 2 rings (SSSR count). The van der Waals surface area contributed by atoms with Gasteiger partial charge >= 0.3 is 5.97 Å². The average molecular weight is 448 g/mol. The Labute approximate surface area is 194 Å². The van der Waals surface area contributed by atoms with Crippen LogP contribution in [0.3, 0.4) is 0 Å². The van der Waals surface area contributed by atoms with Crippen LogP contribution in [0.15, 0.2) is 60.7 Å². The zero-order valence-electron chi connectivity index (χ0n) is 19.4. The second-order valence-electron chi connectivity index (χ2n) is 7.57. The lowest BCUT2D eigenvalue weighted by Crippen LogP contribution is -2.43. The van der Waals surface area contributed by atoms with Crippen molar-refractivity contribution in [3.05, 3.63) is 71.8 Å². The van der Waals surface area contributed by atoms with E-state index in [1.807, 2.05) is 60.7 Å². The Kier molecular flexibility index (Phi) is 12.5. The maximum atomic E-state index is 13.6. The molecular weight excluding hydrogens is 410 g/mol. The van der Waals surface area contributed by atoms with E-state index in [1.165, 1.54) is 0 Å². The number of halogens is 1. The van der Waals surface area contributed by atoms with Gasteiger partial charge in [-0.1, -0.05) is 101 Å². The van der Waals surface area contributed by atoms with Crippen LogP contribution >= 0.6 is 12.4 Å². The molecule has 5 heteroatoms. The predicted octanol–water partition coefficient (Wildman–Crippen LogP) is 5.69. The summed E-state index contributed by atoms with van der Waals surface area (Å²) in [6.45, 7) is 12.0. The molecule has 4 nitrogen and oxygen atoms in total. The van der Waals surface area contributed by atoms with Gasteiger partial charge in [0.25, 0.3) is 0 Å². The van der Waals surface area contributed by atoms with Crippen molar-refractivity contribution in [2.75, 3.05) is 32.8 Å². The molecule has 0 saturated carbocycles. The fraction of sp³-hybridized carbons (Fsp3) is 0.500. The minimum Gasteiger partial charge on any atom is -0.462 e. The molecule has 0 aliphatic heterocycles. The third kappa shape index (κ3) is 7.06. The highest BCUT2D eigenvalue weighted by Gasteiger charge is 2.45. The second kappa shape index (κ2) is 14.2. The maximum Gasteiger partial charge on any atom is 0.347 e. The summed E-state index contributed by atoms with van der Waals surface area (Å²) < 4.78 is 12.4. The third-order valence-corrected chi connectivity index (χ3v) is 5.87. The second-order valence-corrected chi connectivity index (χ2v) is 7.57. The minimum absolute atomic E-state index is 0. The maximum absolute atomic E-state index is 13.6. The molecule has 2 aromatic rings. The lowest BCUT2D eigenvalue weighted by molar-refractivity contribution is -0.170. The van der Waals surface area contributed by atoms with Crippen molar-refractivity contribution in [2.24, 2.45) is 5.92 Å². The normalized spacial score (nSPS) is 11.4. The van der Waals surface area contributed by atoms with Gasteiger partial charge in [-0.2, -0.15) is 0 Å². The quantitative estimate of drug-likeness (QED) is 0.370. The van der Waals surface area contributed by atoms with Gasteiger partial charge in [0, 0.05) is 6.54 Å². The molecule has 0 unspecified atom stereocenters. The van der Waals surface area contributed by atoms with Gasteiger partial charge in [-0.15, -0.1) is 12.4 Å². The van der Waals surface area contributed by atoms with Gasteiger partial charge in [0.2, 0.25) is 5.60 Å². The number of benzene rings is 2. The summed E-state index contributed by atoms with van der Waals surface area (Å²) in [4.78, 5) is 15.9. The molecule has 0 saturated heterocycles. The van der Waals surface area contributed by atoms with E-state index in [2.05, 4.69) is 32.6 Å². The summed E-state index contributed by atoms with van der Waals surface area (Å²) in [6.07, 6.45) is 2.01. The first-order valence-electron chi connectivity index (χ1n) is 11.3. The molecule has 0 N–H and O–H groups in total. The molecular formula is C26H38ClNO3. The number of carbonyl (C=O) groups excluding carboxylic acids is 1. The first-order valence-corrected chi connectivity index (χ1v) is 11.3. The molecule has 0 atom stereocenters. The van der Waals surface area contributed by atoms with E-state index in [9.17, 15) is 4.79 Å². The summed E-state index contributed by atoms with van der Waals surface area (Å²) >= 11 is 0. The number of hydrogen-bond donors (Lipinski definition) is 0. The number of ether oxygens (including phenoxy) is 2. The largest absolute Gasteiger partial charge is 0.462 e. The molecule has 0 amide bonds. The van der Waals surface area contributed by atoms with Gasteiger partial charge in [0.1, 0.15) is 6.61 Å².